The van der Waals surface area contributed by atoms with Gasteiger partial charge >= 0.3 is 5.97 Å². The van der Waals surface area contributed by atoms with E-state index in [9.17, 15) is 9.59 Å². The Morgan fingerprint density at radius 1 is 1.31 bits per heavy atom. The Labute approximate surface area is 157 Å². The molecule has 142 valence electrons. The van der Waals surface area contributed by atoms with Gasteiger partial charge in [-0.2, -0.15) is 0 Å². The van der Waals surface area contributed by atoms with Crippen molar-refractivity contribution < 1.29 is 14.3 Å². The Balaban J connectivity index is 2.26. The van der Waals surface area contributed by atoms with Crippen molar-refractivity contribution in [3.63, 3.8) is 0 Å². The summed E-state index contributed by atoms with van der Waals surface area (Å²) < 4.78 is 11.9. The van der Waals surface area contributed by atoms with Crippen molar-refractivity contribution >= 4 is 27.5 Å². The van der Waals surface area contributed by atoms with Crippen molar-refractivity contribution in [3.05, 3.63) is 26.6 Å². The third-order valence-corrected chi connectivity index (χ3v) is 6.11. The number of aromatic nitrogens is 2. The summed E-state index contributed by atoms with van der Waals surface area (Å²) in [5.41, 5.74) is -0.139. The van der Waals surface area contributed by atoms with Crippen molar-refractivity contribution in [2.75, 3.05) is 20.3 Å². The highest BCUT2D eigenvalue weighted by Gasteiger charge is 2.36. The lowest BCUT2D eigenvalue weighted by Gasteiger charge is -2.27. The largest absolute Gasteiger partial charge is 0.464 e. The molecule has 0 aliphatic heterocycles. The van der Waals surface area contributed by atoms with E-state index in [-0.39, 0.29) is 12.2 Å². The second kappa shape index (κ2) is 7.48. The van der Waals surface area contributed by atoms with Gasteiger partial charge in [0.05, 0.1) is 18.6 Å². The van der Waals surface area contributed by atoms with E-state index < -0.39 is 11.5 Å². The molecule has 0 amide bonds. The van der Waals surface area contributed by atoms with E-state index in [4.69, 9.17) is 14.5 Å². The van der Waals surface area contributed by atoms with E-state index in [0.29, 0.717) is 24.2 Å². The highest BCUT2D eigenvalue weighted by atomic mass is 32.1. The van der Waals surface area contributed by atoms with Crippen molar-refractivity contribution in [1.29, 1.82) is 0 Å². The zero-order valence-electron chi connectivity index (χ0n) is 15.9. The topological polar surface area (TPSA) is 70.4 Å². The molecule has 1 aliphatic rings. The van der Waals surface area contributed by atoms with Gasteiger partial charge in [-0.15, -0.1) is 11.3 Å². The molecule has 2 aromatic heterocycles. The predicted molar refractivity (Wildman–Crippen MR) is 102 cm³/mol. The zero-order chi connectivity index (χ0) is 18.9. The van der Waals surface area contributed by atoms with Crippen LogP contribution in [0.1, 0.15) is 49.9 Å². The van der Waals surface area contributed by atoms with Gasteiger partial charge in [-0.25, -0.2) is 9.78 Å². The van der Waals surface area contributed by atoms with Crippen LogP contribution in [0.15, 0.2) is 4.79 Å². The maximum atomic E-state index is 13.5. The molecule has 0 saturated carbocycles. The summed E-state index contributed by atoms with van der Waals surface area (Å²) in [6, 6.07) is 0. The molecule has 0 unspecified atom stereocenters. The molecular weight excluding hydrogens is 352 g/mol. The summed E-state index contributed by atoms with van der Waals surface area (Å²) in [5, 5.41) is 0.684. The van der Waals surface area contributed by atoms with Gasteiger partial charge in [0.15, 0.2) is 0 Å². The summed E-state index contributed by atoms with van der Waals surface area (Å²) in [6.07, 6.45) is 4.62. The molecule has 6 nitrogen and oxygen atoms in total. The first-order valence-electron chi connectivity index (χ1n) is 9.14. The average molecular weight is 378 g/mol. The number of thiophene rings is 1. The summed E-state index contributed by atoms with van der Waals surface area (Å²) in [4.78, 5) is 32.9. The molecule has 26 heavy (non-hydrogen) atoms. The molecule has 2 aromatic rings. The van der Waals surface area contributed by atoms with E-state index in [0.717, 1.165) is 36.1 Å². The Bertz CT molecular complexity index is 882. The van der Waals surface area contributed by atoms with Crippen LogP contribution in [0.25, 0.3) is 10.2 Å². The van der Waals surface area contributed by atoms with E-state index in [1.54, 1.807) is 39.2 Å². The molecule has 1 aliphatic carbocycles. The van der Waals surface area contributed by atoms with Gasteiger partial charge < -0.3 is 9.47 Å². The maximum Gasteiger partial charge on any atom is 0.331 e. The standard InChI is InChI=1S/C19H26N2O4S/c1-5-25-18(23)19(2,3)21-14(10-11-24-4)20-16-15(17(21)22)12-8-6-7-9-13(12)26-16/h5-11H2,1-4H3. The van der Waals surface area contributed by atoms with Crippen LogP contribution in [0.3, 0.4) is 0 Å². The minimum Gasteiger partial charge on any atom is -0.464 e. The first-order valence-corrected chi connectivity index (χ1v) is 9.96. The number of carbonyl (C=O) groups is 1. The van der Waals surface area contributed by atoms with Crippen LogP contribution in [0.4, 0.5) is 0 Å². The van der Waals surface area contributed by atoms with Gasteiger partial charge in [0.2, 0.25) is 0 Å². The first kappa shape index (κ1) is 19.0. The monoisotopic (exact) mass is 378 g/mol. The fourth-order valence-electron chi connectivity index (χ4n) is 3.58. The number of carbonyl (C=O) groups excluding carboxylic acids is 1. The lowest BCUT2D eigenvalue weighted by atomic mass is 9.97. The SMILES string of the molecule is CCOC(=O)C(C)(C)n1c(CCOC)nc2sc3c(c2c1=O)CCCC3. The number of esters is 1. The number of aryl methyl sites for hydroxylation is 2. The average Bonchev–Trinajstić information content (AvgIpc) is 2.98. The van der Waals surface area contributed by atoms with Gasteiger partial charge in [-0.1, -0.05) is 0 Å². The Kier molecular flexibility index (Phi) is 5.48. The van der Waals surface area contributed by atoms with E-state index in [2.05, 4.69) is 0 Å². The molecule has 0 saturated heterocycles. The molecule has 0 aromatic carbocycles. The second-order valence-corrected chi connectivity index (χ2v) is 8.17. The fourth-order valence-corrected chi connectivity index (χ4v) is 4.85. The van der Waals surface area contributed by atoms with Gasteiger partial charge in [0, 0.05) is 18.4 Å². The second-order valence-electron chi connectivity index (χ2n) is 7.08. The first-order chi connectivity index (χ1) is 12.4. The highest BCUT2D eigenvalue weighted by Crippen LogP contribution is 2.34. The zero-order valence-corrected chi connectivity index (χ0v) is 16.7. The molecule has 2 heterocycles. The van der Waals surface area contributed by atoms with Gasteiger partial charge in [-0.3, -0.25) is 9.36 Å². The smallest absolute Gasteiger partial charge is 0.331 e. The number of ether oxygens (including phenoxy) is 2. The summed E-state index contributed by atoms with van der Waals surface area (Å²) in [7, 11) is 1.61. The van der Waals surface area contributed by atoms with Gasteiger partial charge in [0.1, 0.15) is 16.2 Å². The summed E-state index contributed by atoms with van der Waals surface area (Å²) in [5.74, 6) is 0.145. The van der Waals surface area contributed by atoms with Crippen molar-refractivity contribution in [1.82, 2.24) is 9.55 Å². The van der Waals surface area contributed by atoms with Crippen molar-refractivity contribution in [2.45, 2.75) is 58.4 Å². The van der Waals surface area contributed by atoms with Crippen LogP contribution in [0.5, 0.6) is 0 Å². The number of hydrogen-bond donors (Lipinski definition) is 0. The summed E-state index contributed by atoms with van der Waals surface area (Å²) in [6.45, 7) is 5.90. The van der Waals surface area contributed by atoms with E-state index >= 15 is 0 Å². The molecule has 0 fully saturated rings. The molecular formula is C19H26N2O4S. The molecule has 0 bridgehead atoms. The van der Waals surface area contributed by atoms with E-state index in [1.165, 1.54) is 9.44 Å². The minimum atomic E-state index is -1.12. The Morgan fingerprint density at radius 2 is 2.04 bits per heavy atom. The fraction of sp³-hybridized carbons (Fsp3) is 0.632. The molecule has 0 spiro atoms. The normalized spacial score (nSPS) is 14.5. The molecule has 0 N–H and O–H groups in total. The number of methoxy groups -OCH3 is 1. The van der Waals surface area contributed by atoms with Crippen LogP contribution < -0.4 is 5.56 Å². The Morgan fingerprint density at radius 3 is 2.73 bits per heavy atom. The highest BCUT2D eigenvalue weighted by molar-refractivity contribution is 7.18. The van der Waals surface area contributed by atoms with Crippen molar-refractivity contribution in [2.24, 2.45) is 0 Å². The third-order valence-electron chi connectivity index (χ3n) is 4.92. The minimum absolute atomic E-state index is 0.140. The van der Waals surface area contributed by atoms with Crippen LogP contribution in [-0.4, -0.2) is 35.8 Å². The number of fused-ring (bicyclic) bond motifs is 3. The lowest BCUT2D eigenvalue weighted by Crippen LogP contribution is -2.46. The molecule has 3 rings (SSSR count). The third kappa shape index (κ3) is 3.18. The molecule has 0 atom stereocenters. The van der Waals surface area contributed by atoms with Gasteiger partial charge in [-0.05, 0) is 52.0 Å². The number of nitrogens with zero attached hydrogens (tertiary/aromatic N) is 2. The molecule has 7 heteroatoms. The van der Waals surface area contributed by atoms with Crippen molar-refractivity contribution in [3.8, 4) is 0 Å². The Hall–Kier alpha value is -1.73. The van der Waals surface area contributed by atoms with Gasteiger partial charge in [0.25, 0.3) is 5.56 Å². The molecule has 0 radical (unpaired) electrons. The quantitative estimate of drug-likeness (QED) is 0.723. The number of hydrogen-bond acceptors (Lipinski definition) is 6. The number of rotatable bonds is 6. The van der Waals surface area contributed by atoms with Crippen LogP contribution in [-0.2, 0) is 39.1 Å². The summed E-state index contributed by atoms with van der Waals surface area (Å²) >= 11 is 1.62. The van der Waals surface area contributed by atoms with Crippen LogP contribution in [0.2, 0.25) is 0 Å². The van der Waals surface area contributed by atoms with Crippen LogP contribution >= 0.6 is 11.3 Å². The maximum absolute atomic E-state index is 13.5. The lowest BCUT2D eigenvalue weighted by molar-refractivity contribution is -0.152. The van der Waals surface area contributed by atoms with Crippen LogP contribution in [0, 0.1) is 0 Å². The predicted octanol–water partition coefficient (Wildman–Crippen LogP) is 2.82. The van der Waals surface area contributed by atoms with E-state index in [1.807, 2.05) is 0 Å².